The van der Waals surface area contributed by atoms with Crippen LogP contribution in [0.1, 0.15) is 31.9 Å². The number of hydrogen-bond donors (Lipinski definition) is 0. The van der Waals surface area contributed by atoms with Crippen molar-refractivity contribution < 1.29 is 28.5 Å². The highest BCUT2D eigenvalue weighted by Gasteiger charge is 2.37. The Labute approximate surface area is 172 Å². The van der Waals surface area contributed by atoms with Gasteiger partial charge in [-0.2, -0.15) is 0 Å². The van der Waals surface area contributed by atoms with E-state index in [1.165, 1.54) is 9.80 Å². The van der Waals surface area contributed by atoms with Crippen molar-refractivity contribution in [2.45, 2.75) is 46.3 Å². The molecule has 0 unspecified atom stereocenters. The third-order valence-corrected chi connectivity index (χ3v) is 4.90. The van der Waals surface area contributed by atoms with E-state index in [0.29, 0.717) is 22.9 Å². The molecule has 0 N–H and O–H groups in total. The van der Waals surface area contributed by atoms with E-state index in [9.17, 15) is 9.59 Å². The van der Waals surface area contributed by atoms with E-state index in [1.54, 1.807) is 61.4 Å². The van der Waals surface area contributed by atoms with Gasteiger partial charge >= 0.3 is 6.09 Å². The van der Waals surface area contributed by atoms with Crippen molar-refractivity contribution in [1.82, 2.24) is 9.80 Å². The number of hydrogen-bond acceptors (Lipinski definition) is 6. The Morgan fingerprint density at radius 2 is 1.72 bits per heavy atom. The van der Waals surface area contributed by atoms with E-state index in [4.69, 9.17) is 18.9 Å². The molecule has 1 aliphatic rings. The van der Waals surface area contributed by atoms with Crippen LogP contribution in [-0.2, 0) is 16.0 Å². The molecule has 0 bridgehead atoms. The van der Waals surface area contributed by atoms with Gasteiger partial charge in [-0.25, -0.2) is 4.79 Å². The van der Waals surface area contributed by atoms with Gasteiger partial charge in [0.25, 0.3) is 0 Å². The van der Waals surface area contributed by atoms with Crippen LogP contribution in [-0.4, -0.2) is 62.3 Å². The predicted molar refractivity (Wildman–Crippen MR) is 108 cm³/mol. The summed E-state index contributed by atoms with van der Waals surface area (Å²) < 4.78 is 21.8. The number of rotatable bonds is 6. The Bertz CT molecular complexity index is 818. The molecule has 1 aromatic carbocycles. The number of allylic oxidation sites excluding steroid dienone is 1. The number of ether oxygens (including phenoxy) is 4. The smallest absolute Gasteiger partial charge is 0.414 e. The van der Waals surface area contributed by atoms with Gasteiger partial charge in [-0.3, -0.25) is 9.69 Å². The normalized spacial score (nSPS) is 16.7. The molecule has 1 aromatic rings. The summed E-state index contributed by atoms with van der Waals surface area (Å²) in [4.78, 5) is 28.6. The number of amides is 2. The lowest BCUT2D eigenvalue weighted by Crippen LogP contribution is -2.52. The maximum Gasteiger partial charge on any atom is 0.414 e. The molecule has 0 spiro atoms. The van der Waals surface area contributed by atoms with Gasteiger partial charge < -0.3 is 23.8 Å². The second-order valence-corrected chi connectivity index (χ2v) is 7.16. The molecule has 29 heavy (non-hydrogen) atoms. The quantitative estimate of drug-likeness (QED) is 0.722. The van der Waals surface area contributed by atoms with Gasteiger partial charge in [0.1, 0.15) is 11.8 Å². The molecule has 0 radical (unpaired) electrons. The minimum absolute atomic E-state index is 0.208. The Kier molecular flexibility index (Phi) is 7.00. The molecule has 160 valence electrons. The van der Waals surface area contributed by atoms with Gasteiger partial charge in [0.15, 0.2) is 11.5 Å². The molecular weight excluding hydrogens is 376 g/mol. The molecule has 2 rings (SSSR count). The Hall–Kier alpha value is -2.90. The van der Waals surface area contributed by atoms with Crippen molar-refractivity contribution in [2.24, 2.45) is 0 Å². The van der Waals surface area contributed by atoms with Crippen molar-refractivity contribution in [3.63, 3.8) is 0 Å². The molecule has 1 atom stereocenters. The Balaban J connectivity index is 2.52. The van der Waals surface area contributed by atoms with Crippen molar-refractivity contribution >= 4 is 12.0 Å². The van der Waals surface area contributed by atoms with Gasteiger partial charge in [-0.05, 0) is 33.8 Å². The lowest BCUT2D eigenvalue weighted by atomic mass is 9.98. The molecular formula is C21H30N2O6. The standard InChI is InChI=1S/C21H30N2O6/c1-12(2)29-21(25)23-11-13(3)22(5)20(24)16(23)9-15-10-17(26-6)19(28-8)14(4)18(15)27-7/h10-12,16H,9H2,1-8H3/t16-/m0/s1. The summed E-state index contributed by atoms with van der Waals surface area (Å²) in [5.41, 5.74) is 2.14. The second-order valence-electron chi connectivity index (χ2n) is 7.16. The first-order valence-electron chi connectivity index (χ1n) is 9.39. The summed E-state index contributed by atoms with van der Waals surface area (Å²) in [6.45, 7) is 7.16. The van der Waals surface area contributed by atoms with Crippen molar-refractivity contribution in [2.75, 3.05) is 28.4 Å². The van der Waals surface area contributed by atoms with E-state index in [1.807, 2.05) is 6.92 Å². The summed E-state index contributed by atoms with van der Waals surface area (Å²) in [6, 6.07) is 0.996. The van der Waals surface area contributed by atoms with Crippen LogP contribution in [0.3, 0.4) is 0 Å². The number of nitrogens with zero attached hydrogens (tertiary/aromatic N) is 2. The third-order valence-electron chi connectivity index (χ3n) is 4.90. The molecule has 1 heterocycles. The van der Waals surface area contributed by atoms with Crippen LogP contribution >= 0.6 is 0 Å². The number of carbonyl (C=O) groups excluding carboxylic acids is 2. The number of benzene rings is 1. The van der Waals surface area contributed by atoms with E-state index < -0.39 is 12.1 Å². The zero-order valence-corrected chi connectivity index (χ0v) is 18.4. The van der Waals surface area contributed by atoms with Gasteiger partial charge in [-0.1, -0.05) is 0 Å². The average molecular weight is 406 g/mol. The van der Waals surface area contributed by atoms with Crippen molar-refractivity contribution in [1.29, 1.82) is 0 Å². The van der Waals surface area contributed by atoms with E-state index in [-0.39, 0.29) is 18.4 Å². The number of carbonyl (C=O) groups is 2. The van der Waals surface area contributed by atoms with Crippen molar-refractivity contribution in [3.8, 4) is 17.2 Å². The molecule has 0 aliphatic carbocycles. The highest BCUT2D eigenvalue weighted by atomic mass is 16.6. The molecule has 1 aliphatic heterocycles. The lowest BCUT2D eigenvalue weighted by Gasteiger charge is -2.36. The molecule has 0 fully saturated rings. The zero-order valence-electron chi connectivity index (χ0n) is 18.4. The minimum atomic E-state index is -0.777. The van der Waals surface area contributed by atoms with Gasteiger partial charge in [-0.15, -0.1) is 0 Å². The molecule has 0 aromatic heterocycles. The fourth-order valence-corrected chi connectivity index (χ4v) is 3.39. The largest absolute Gasteiger partial charge is 0.496 e. The number of likely N-dealkylation sites (N-methyl/N-ethyl adjacent to an activating group) is 1. The fraction of sp³-hybridized carbons (Fsp3) is 0.524. The van der Waals surface area contributed by atoms with Crippen LogP contribution < -0.4 is 14.2 Å². The van der Waals surface area contributed by atoms with Gasteiger partial charge in [0, 0.05) is 36.5 Å². The topological polar surface area (TPSA) is 77.5 Å². The summed E-state index contributed by atoms with van der Waals surface area (Å²) >= 11 is 0. The fourth-order valence-electron chi connectivity index (χ4n) is 3.39. The van der Waals surface area contributed by atoms with Gasteiger partial charge in [0.05, 0.1) is 27.4 Å². The molecule has 2 amide bonds. The van der Waals surface area contributed by atoms with Crippen LogP contribution in [0.15, 0.2) is 18.0 Å². The maximum atomic E-state index is 13.0. The van der Waals surface area contributed by atoms with Gasteiger partial charge in [0.2, 0.25) is 5.91 Å². The SMILES string of the molecule is COc1cc(C[C@H]2C(=O)N(C)C(C)=CN2C(=O)OC(C)C)c(OC)c(C)c1OC. The second kappa shape index (κ2) is 9.07. The Morgan fingerprint density at radius 3 is 2.24 bits per heavy atom. The first-order chi connectivity index (χ1) is 13.7. The molecule has 0 saturated heterocycles. The van der Waals surface area contributed by atoms with Crippen LogP contribution in [0.4, 0.5) is 4.79 Å². The summed E-state index contributed by atoms with van der Waals surface area (Å²) in [6.07, 6.45) is 0.993. The average Bonchev–Trinajstić information content (AvgIpc) is 2.67. The first kappa shape index (κ1) is 22.4. The summed E-state index contributed by atoms with van der Waals surface area (Å²) in [5, 5.41) is 0. The first-order valence-corrected chi connectivity index (χ1v) is 9.39. The van der Waals surface area contributed by atoms with Crippen LogP contribution in [0.5, 0.6) is 17.2 Å². The zero-order chi connectivity index (χ0) is 21.9. The monoisotopic (exact) mass is 406 g/mol. The van der Waals surface area contributed by atoms with E-state index in [2.05, 4.69) is 0 Å². The third kappa shape index (κ3) is 4.41. The van der Waals surface area contributed by atoms with Crippen LogP contribution in [0, 0.1) is 6.92 Å². The molecule has 0 saturated carbocycles. The predicted octanol–water partition coefficient (Wildman–Crippen LogP) is 3.11. The summed E-state index contributed by atoms with van der Waals surface area (Å²) in [7, 11) is 6.34. The van der Waals surface area contributed by atoms with E-state index >= 15 is 0 Å². The maximum absolute atomic E-state index is 13.0. The van der Waals surface area contributed by atoms with E-state index in [0.717, 1.165) is 11.1 Å². The lowest BCUT2D eigenvalue weighted by molar-refractivity contribution is -0.134. The minimum Gasteiger partial charge on any atom is -0.496 e. The Morgan fingerprint density at radius 1 is 1.10 bits per heavy atom. The van der Waals surface area contributed by atoms with Crippen LogP contribution in [0.25, 0.3) is 0 Å². The highest BCUT2D eigenvalue weighted by Crippen LogP contribution is 2.40. The van der Waals surface area contributed by atoms with Crippen molar-refractivity contribution in [3.05, 3.63) is 29.1 Å². The van der Waals surface area contributed by atoms with Crippen LogP contribution in [0.2, 0.25) is 0 Å². The number of methoxy groups -OCH3 is 3. The molecule has 8 nitrogen and oxygen atoms in total. The highest BCUT2D eigenvalue weighted by molar-refractivity contribution is 5.89. The molecule has 8 heteroatoms. The summed E-state index contributed by atoms with van der Waals surface area (Å²) in [5.74, 6) is 1.47.